The second-order valence-electron chi connectivity index (χ2n) is 6.75. The summed E-state index contributed by atoms with van der Waals surface area (Å²) in [7, 11) is 1.86. The molecule has 1 fully saturated rings. The second-order valence-corrected chi connectivity index (χ2v) is 6.75. The molecule has 0 aliphatic carbocycles. The van der Waals surface area contributed by atoms with Gasteiger partial charge >= 0.3 is 0 Å². The first-order valence-corrected chi connectivity index (χ1v) is 9.52. The van der Waals surface area contributed by atoms with E-state index in [0.717, 1.165) is 50.9 Å². The Kier molecular flexibility index (Phi) is 5.23. The van der Waals surface area contributed by atoms with Crippen molar-refractivity contribution in [2.24, 2.45) is 4.99 Å². The van der Waals surface area contributed by atoms with Gasteiger partial charge < -0.3 is 20.1 Å². The molecule has 6 heteroatoms. The van der Waals surface area contributed by atoms with Gasteiger partial charge in [0.2, 0.25) is 0 Å². The monoisotopic (exact) mass is 362 g/mol. The Labute approximate surface area is 159 Å². The number of guanidine groups is 1. The van der Waals surface area contributed by atoms with Crippen molar-refractivity contribution in [1.82, 2.24) is 20.2 Å². The molecule has 140 valence electrons. The number of aromatic amines is 1. The van der Waals surface area contributed by atoms with Crippen LogP contribution in [0.1, 0.15) is 5.56 Å². The molecule has 0 radical (unpaired) electrons. The van der Waals surface area contributed by atoms with Gasteiger partial charge in [0.25, 0.3) is 0 Å². The third-order valence-electron chi connectivity index (χ3n) is 5.12. The topological polar surface area (TPSA) is 59.6 Å². The van der Waals surface area contributed by atoms with Gasteiger partial charge in [-0.1, -0.05) is 24.3 Å². The summed E-state index contributed by atoms with van der Waals surface area (Å²) >= 11 is 0. The highest BCUT2D eigenvalue weighted by Crippen LogP contribution is 2.18. The van der Waals surface area contributed by atoms with E-state index in [-0.39, 0.29) is 0 Å². The zero-order valence-electron chi connectivity index (χ0n) is 15.7. The molecule has 0 spiro atoms. The number of aromatic nitrogens is 2. The smallest absolute Gasteiger partial charge is 0.193 e. The van der Waals surface area contributed by atoms with E-state index in [1.807, 2.05) is 25.4 Å². The largest absolute Gasteiger partial charge is 0.361 e. The molecular formula is C21H26N6. The summed E-state index contributed by atoms with van der Waals surface area (Å²) in [4.78, 5) is 16.9. The normalized spacial score (nSPS) is 15.4. The Morgan fingerprint density at radius 2 is 1.93 bits per heavy atom. The molecule has 1 aromatic carbocycles. The number of benzene rings is 1. The van der Waals surface area contributed by atoms with E-state index >= 15 is 0 Å². The van der Waals surface area contributed by atoms with E-state index in [0.29, 0.717) is 0 Å². The number of nitrogens with zero attached hydrogens (tertiary/aromatic N) is 4. The Bertz CT molecular complexity index is 893. The van der Waals surface area contributed by atoms with Gasteiger partial charge in [-0.2, -0.15) is 0 Å². The first kappa shape index (κ1) is 17.4. The molecule has 3 aromatic rings. The molecule has 0 saturated carbocycles. The maximum atomic E-state index is 4.48. The Morgan fingerprint density at radius 3 is 2.70 bits per heavy atom. The van der Waals surface area contributed by atoms with Gasteiger partial charge in [0.1, 0.15) is 5.82 Å². The summed E-state index contributed by atoms with van der Waals surface area (Å²) in [6.07, 6.45) is 4.94. The quantitative estimate of drug-likeness (QED) is 0.553. The van der Waals surface area contributed by atoms with Crippen LogP contribution in [0.5, 0.6) is 0 Å². The maximum Gasteiger partial charge on any atom is 0.193 e. The first-order valence-electron chi connectivity index (χ1n) is 9.52. The summed E-state index contributed by atoms with van der Waals surface area (Å²) in [5.74, 6) is 2.04. The molecule has 0 bridgehead atoms. The SMILES string of the molecule is CN=C(NCCc1c[nH]c2ccccc12)N1CCN(c2ccccn2)CC1. The van der Waals surface area contributed by atoms with Crippen LogP contribution in [0.15, 0.2) is 59.9 Å². The minimum Gasteiger partial charge on any atom is -0.361 e. The van der Waals surface area contributed by atoms with Crippen molar-refractivity contribution in [3.8, 4) is 0 Å². The molecule has 6 nitrogen and oxygen atoms in total. The summed E-state index contributed by atoms with van der Waals surface area (Å²) in [5, 5.41) is 4.83. The number of rotatable bonds is 4. The number of hydrogen-bond donors (Lipinski definition) is 2. The fourth-order valence-electron chi connectivity index (χ4n) is 3.67. The van der Waals surface area contributed by atoms with Gasteiger partial charge in [-0.3, -0.25) is 4.99 Å². The van der Waals surface area contributed by atoms with Crippen LogP contribution in [0.3, 0.4) is 0 Å². The van der Waals surface area contributed by atoms with E-state index in [9.17, 15) is 0 Å². The maximum absolute atomic E-state index is 4.48. The van der Waals surface area contributed by atoms with E-state index in [2.05, 4.69) is 66.6 Å². The lowest BCUT2D eigenvalue weighted by atomic mass is 10.1. The molecule has 1 aliphatic rings. The van der Waals surface area contributed by atoms with Crippen molar-refractivity contribution in [2.75, 3.05) is 44.7 Å². The molecule has 0 unspecified atom stereocenters. The molecule has 3 heterocycles. The highest BCUT2D eigenvalue weighted by Gasteiger charge is 2.20. The number of fused-ring (bicyclic) bond motifs is 1. The number of anilines is 1. The number of piperazine rings is 1. The van der Waals surface area contributed by atoms with Gasteiger partial charge in [-0.25, -0.2) is 4.98 Å². The minimum absolute atomic E-state index is 0.870. The number of nitrogens with one attached hydrogen (secondary N) is 2. The molecule has 4 rings (SSSR count). The summed E-state index contributed by atoms with van der Waals surface area (Å²) in [6, 6.07) is 14.5. The molecule has 1 saturated heterocycles. The van der Waals surface area contributed by atoms with E-state index in [4.69, 9.17) is 0 Å². The van der Waals surface area contributed by atoms with E-state index < -0.39 is 0 Å². The van der Waals surface area contributed by atoms with Crippen LogP contribution < -0.4 is 10.2 Å². The third-order valence-corrected chi connectivity index (χ3v) is 5.12. The summed E-state index contributed by atoms with van der Waals surface area (Å²) in [6.45, 7) is 4.68. The van der Waals surface area contributed by atoms with E-state index in [1.54, 1.807) is 0 Å². The Morgan fingerprint density at radius 1 is 1.11 bits per heavy atom. The van der Waals surface area contributed by atoms with Crippen molar-refractivity contribution < 1.29 is 0 Å². The van der Waals surface area contributed by atoms with E-state index in [1.165, 1.54) is 16.5 Å². The van der Waals surface area contributed by atoms with Crippen LogP contribution in [0.2, 0.25) is 0 Å². The van der Waals surface area contributed by atoms with Crippen LogP contribution in [-0.2, 0) is 6.42 Å². The average Bonchev–Trinajstić information content (AvgIpc) is 3.15. The summed E-state index contributed by atoms with van der Waals surface area (Å²) < 4.78 is 0. The van der Waals surface area contributed by atoms with Crippen molar-refractivity contribution in [3.05, 3.63) is 60.4 Å². The van der Waals surface area contributed by atoms with Gasteiger partial charge in [-0.05, 0) is 30.2 Å². The number of H-pyrrole nitrogens is 1. The molecule has 1 aliphatic heterocycles. The number of para-hydroxylation sites is 1. The van der Waals surface area contributed by atoms with Crippen molar-refractivity contribution >= 4 is 22.7 Å². The zero-order valence-corrected chi connectivity index (χ0v) is 15.7. The second kappa shape index (κ2) is 8.12. The van der Waals surface area contributed by atoms with Crippen LogP contribution in [-0.4, -0.2) is 60.6 Å². The fourth-order valence-corrected chi connectivity index (χ4v) is 3.67. The molecular weight excluding hydrogens is 336 g/mol. The predicted octanol–water partition coefficient (Wildman–Crippen LogP) is 2.50. The molecule has 2 N–H and O–H groups in total. The van der Waals surface area contributed by atoms with Crippen molar-refractivity contribution in [1.29, 1.82) is 0 Å². The number of pyridine rings is 1. The standard InChI is InChI=1S/C21H26N6/c1-22-21(24-11-9-17-16-25-19-7-3-2-6-18(17)19)27-14-12-26(13-15-27)20-8-4-5-10-23-20/h2-8,10,16,25H,9,11-15H2,1H3,(H,22,24). The molecule has 0 atom stereocenters. The molecule has 0 amide bonds. The van der Waals surface area contributed by atoms with Crippen LogP contribution in [0, 0.1) is 0 Å². The highest BCUT2D eigenvalue weighted by atomic mass is 15.4. The lowest BCUT2D eigenvalue weighted by Gasteiger charge is -2.37. The third kappa shape index (κ3) is 3.89. The van der Waals surface area contributed by atoms with Crippen molar-refractivity contribution in [2.45, 2.75) is 6.42 Å². The number of hydrogen-bond acceptors (Lipinski definition) is 3. The number of aliphatic imine (C=N–C) groups is 1. The average molecular weight is 362 g/mol. The van der Waals surface area contributed by atoms with Crippen LogP contribution in [0.4, 0.5) is 5.82 Å². The van der Waals surface area contributed by atoms with Gasteiger partial charge in [-0.15, -0.1) is 0 Å². The minimum atomic E-state index is 0.870. The zero-order chi connectivity index (χ0) is 18.5. The van der Waals surface area contributed by atoms with Gasteiger partial charge in [0.05, 0.1) is 0 Å². The predicted molar refractivity (Wildman–Crippen MR) is 111 cm³/mol. The first-order chi connectivity index (χ1) is 13.3. The molecule has 27 heavy (non-hydrogen) atoms. The Hall–Kier alpha value is -3.02. The van der Waals surface area contributed by atoms with Crippen LogP contribution >= 0.6 is 0 Å². The molecule has 2 aromatic heterocycles. The summed E-state index contributed by atoms with van der Waals surface area (Å²) in [5.41, 5.74) is 2.54. The highest BCUT2D eigenvalue weighted by molar-refractivity contribution is 5.83. The lowest BCUT2D eigenvalue weighted by Crippen LogP contribution is -2.53. The Balaban J connectivity index is 1.30. The van der Waals surface area contributed by atoms with Gasteiger partial charge in [0.15, 0.2) is 5.96 Å². The van der Waals surface area contributed by atoms with Gasteiger partial charge in [0, 0.05) is 63.1 Å². The van der Waals surface area contributed by atoms with Crippen LogP contribution in [0.25, 0.3) is 10.9 Å². The van der Waals surface area contributed by atoms with Crippen molar-refractivity contribution in [3.63, 3.8) is 0 Å². The fraction of sp³-hybridized carbons (Fsp3) is 0.333. The lowest BCUT2D eigenvalue weighted by molar-refractivity contribution is 0.372.